The van der Waals surface area contributed by atoms with E-state index in [1.165, 1.54) is 0 Å². The highest BCUT2D eigenvalue weighted by molar-refractivity contribution is 5.62. The summed E-state index contributed by atoms with van der Waals surface area (Å²) in [5.74, 6) is 0.924. The van der Waals surface area contributed by atoms with Crippen molar-refractivity contribution in [2.75, 3.05) is 0 Å². The van der Waals surface area contributed by atoms with Crippen LogP contribution in [0, 0.1) is 6.92 Å². The molecule has 2 aromatic rings. The fraction of sp³-hybridized carbons (Fsp3) is 0.333. The van der Waals surface area contributed by atoms with Gasteiger partial charge in [0.1, 0.15) is 5.82 Å². The number of fused-ring (bicyclic) bond motifs is 1. The van der Waals surface area contributed by atoms with E-state index in [1.807, 2.05) is 35.8 Å². The topological polar surface area (TPSA) is 34.9 Å². The van der Waals surface area contributed by atoms with Crippen LogP contribution in [0.1, 0.15) is 30.8 Å². The monoisotopic (exact) mass is 240 g/mol. The van der Waals surface area contributed by atoms with Crippen molar-refractivity contribution in [1.29, 1.82) is 0 Å². The summed E-state index contributed by atoms with van der Waals surface area (Å²) >= 11 is 0. The first-order chi connectivity index (χ1) is 8.66. The molecule has 92 valence electrons. The molecule has 1 aromatic carbocycles. The third-order valence-corrected chi connectivity index (χ3v) is 3.67. The minimum Gasteiger partial charge on any atom is -0.294 e. The first kappa shape index (κ1) is 11.2. The van der Waals surface area contributed by atoms with E-state index in [9.17, 15) is 4.79 Å². The molecule has 1 aliphatic heterocycles. The molecule has 1 atom stereocenters. The lowest BCUT2D eigenvalue weighted by atomic mass is 10.1. The predicted octanol–water partition coefficient (Wildman–Crippen LogP) is 2.73. The molecular weight excluding hydrogens is 224 g/mol. The average molecular weight is 240 g/mol. The summed E-state index contributed by atoms with van der Waals surface area (Å²) in [7, 11) is 0. The van der Waals surface area contributed by atoms with Gasteiger partial charge in [0, 0.05) is 24.1 Å². The van der Waals surface area contributed by atoms with Gasteiger partial charge in [-0.2, -0.15) is 0 Å². The van der Waals surface area contributed by atoms with Crippen molar-refractivity contribution in [3.05, 3.63) is 52.1 Å². The Bertz CT molecular complexity index is 658. The van der Waals surface area contributed by atoms with Crippen LogP contribution in [0.5, 0.6) is 0 Å². The van der Waals surface area contributed by atoms with Crippen LogP contribution in [0.15, 0.2) is 35.1 Å². The van der Waals surface area contributed by atoms with Gasteiger partial charge in [0.15, 0.2) is 0 Å². The van der Waals surface area contributed by atoms with Crippen LogP contribution in [-0.4, -0.2) is 9.55 Å². The molecule has 0 aliphatic carbocycles. The highest BCUT2D eigenvalue weighted by atomic mass is 16.1. The van der Waals surface area contributed by atoms with Gasteiger partial charge in [-0.15, -0.1) is 0 Å². The number of benzene rings is 1. The van der Waals surface area contributed by atoms with Crippen LogP contribution in [0.2, 0.25) is 0 Å². The summed E-state index contributed by atoms with van der Waals surface area (Å²) in [6, 6.07) is 9.99. The Kier molecular flexibility index (Phi) is 2.54. The number of hydrogen-bond donors (Lipinski definition) is 0. The van der Waals surface area contributed by atoms with E-state index >= 15 is 0 Å². The molecular formula is C15H16N2O. The smallest absolute Gasteiger partial charge is 0.254 e. The molecule has 3 nitrogen and oxygen atoms in total. The average Bonchev–Trinajstić information content (AvgIpc) is 2.72. The highest BCUT2D eigenvalue weighted by Crippen LogP contribution is 2.25. The Hall–Kier alpha value is -1.90. The molecule has 0 bridgehead atoms. The standard InChI is InChI=1S/C15H16N2O/c1-10-5-3-4-6-12(10)13-9-15(18)17-11(2)7-8-14(17)16-13/h3-6,9,11H,7-8H2,1-2H3. The van der Waals surface area contributed by atoms with Crippen LogP contribution in [0.3, 0.4) is 0 Å². The molecule has 0 amide bonds. The van der Waals surface area contributed by atoms with Gasteiger partial charge in [0.25, 0.3) is 5.56 Å². The van der Waals surface area contributed by atoms with Crippen molar-refractivity contribution >= 4 is 0 Å². The molecule has 2 heterocycles. The van der Waals surface area contributed by atoms with Gasteiger partial charge in [-0.05, 0) is 25.8 Å². The Morgan fingerprint density at radius 3 is 2.89 bits per heavy atom. The van der Waals surface area contributed by atoms with Crippen molar-refractivity contribution < 1.29 is 0 Å². The van der Waals surface area contributed by atoms with E-state index in [1.54, 1.807) is 6.07 Å². The molecule has 1 unspecified atom stereocenters. The van der Waals surface area contributed by atoms with E-state index < -0.39 is 0 Å². The first-order valence-corrected chi connectivity index (χ1v) is 6.35. The Morgan fingerprint density at radius 2 is 2.11 bits per heavy atom. The molecule has 0 N–H and O–H groups in total. The summed E-state index contributed by atoms with van der Waals surface area (Å²) in [5, 5.41) is 0. The highest BCUT2D eigenvalue weighted by Gasteiger charge is 2.21. The maximum absolute atomic E-state index is 12.1. The normalized spacial score (nSPS) is 17.8. The molecule has 0 fully saturated rings. The van der Waals surface area contributed by atoms with Crippen molar-refractivity contribution in [1.82, 2.24) is 9.55 Å². The fourth-order valence-corrected chi connectivity index (χ4v) is 2.65. The lowest BCUT2D eigenvalue weighted by Gasteiger charge is -2.10. The van der Waals surface area contributed by atoms with Gasteiger partial charge in [-0.1, -0.05) is 24.3 Å². The summed E-state index contributed by atoms with van der Waals surface area (Å²) in [6.45, 7) is 4.12. The maximum Gasteiger partial charge on any atom is 0.254 e. The number of aryl methyl sites for hydroxylation is 2. The van der Waals surface area contributed by atoms with Crippen molar-refractivity contribution in [3.63, 3.8) is 0 Å². The quantitative estimate of drug-likeness (QED) is 0.768. The van der Waals surface area contributed by atoms with Crippen LogP contribution >= 0.6 is 0 Å². The molecule has 3 rings (SSSR count). The van der Waals surface area contributed by atoms with Gasteiger partial charge in [-0.3, -0.25) is 9.36 Å². The van der Waals surface area contributed by atoms with Gasteiger partial charge < -0.3 is 0 Å². The number of hydrogen-bond acceptors (Lipinski definition) is 2. The Labute approximate surface area is 106 Å². The molecule has 1 aromatic heterocycles. The van der Waals surface area contributed by atoms with E-state index in [2.05, 4.69) is 11.9 Å². The van der Waals surface area contributed by atoms with E-state index in [-0.39, 0.29) is 11.6 Å². The molecule has 3 heteroatoms. The predicted molar refractivity (Wildman–Crippen MR) is 71.7 cm³/mol. The van der Waals surface area contributed by atoms with E-state index in [0.717, 1.165) is 35.5 Å². The molecule has 0 radical (unpaired) electrons. The zero-order chi connectivity index (χ0) is 12.7. The molecule has 0 saturated heterocycles. The summed E-state index contributed by atoms with van der Waals surface area (Å²) in [6.07, 6.45) is 1.91. The number of nitrogens with zero attached hydrogens (tertiary/aromatic N) is 2. The van der Waals surface area contributed by atoms with Gasteiger partial charge in [0.2, 0.25) is 0 Å². The summed E-state index contributed by atoms with van der Waals surface area (Å²) < 4.78 is 1.82. The largest absolute Gasteiger partial charge is 0.294 e. The minimum atomic E-state index is 0.0725. The first-order valence-electron chi connectivity index (χ1n) is 6.35. The second-order valence-corrected chi connectivity index (χ2v) is 4.97. The van der Waals surface area contributed by atoms with Crippen molar-refractivity contribution in [2.24, 2.45) is 0 Å². The van der Waals surface area contributed by atoms with Crippen LogP contribution in [0.4, 0.5) is 0 Å². The Morgan fingerprint density at radius 1 is 1.33 bits per heavy atom. The second kappa shape index (κ2) is 4.09. The van der Waals surface area contributed by atoms with Gasteiger partial charge in [-0.25, -0.2) is 4.98 Å². The lowest BCUT2D eigenvalue weighted by molar-refractivity contribution is 0.560. The lowest BCUT2D eigenvalue weighted by Crippen LogP contribution is -2.22. The summed E-state index contributed by atoms with van der Waals surface area (Å²) in [5.41, 5.74) is 3.08. The van der Waals surface area contributed by atoms with Crippen molar-refractivity contribution in [2.45, 2.75) is 32.7 Å². The van der Waals surface area contributed by atoms with Crippen LogP contribution in [-0.2, 0) is 6.42 Å². The molecule has 0 spiro atoms. The molecule has 0 saturated carbocycles. The fourth-order valence-electron chi connectivity index (χ4n) is 2.65. The van der Waals surface area contributed by atoms with Crippen LogP contribution in [0.25, 0.3) is 11.3 Å². The minimum absolute atomic E-state index is 0.0725. The van der Waals surface area contributed by atoms with Crippen molar-refractivity contribution in [3.8, 4) is 11.3 Å². The SMILES string of the molecule is Cc1ccccc1-c1cc(=O)n2c(n1)CCC2C. The Balaban J connectivity index is 2.20. The van der Waals surface area contributed by atoms with E-state index in [0.29, 0.717) is 0 Å². The zero-order valence-electron chi connectivity index (χ0n) is 10.7. The number of aromatic nitrogens is 2. The molecule has 18 heavy (non-hydrogen) atoms. The third-order valence-electron chi connectivity index (χ3n) is 3.67. The van der Waals surface area contributed by atoms with Crippen LogP contribution < -0.4 is 5.56 Å². The zero-order valence-corrected chi connectivity index (χ0v) is 10.7. The summed E-state index contributed by atoms with van der Waals surface area (Å²) in [4.78, 5) is 16.8. The van der Waals surface area contributed by atoms with E-state index in [4.69, 9.17) is 0 Å². The van der Waals surface area contributed by atoms with Gasteiger partial charge in [0.05, 0.1) is 5.69 Å². The third kappa shape index (κ3) is 1.67. The van der Waals surface area contributed by atoms with Gasteiger partial charge >= 0.3 is 0 Å². The maximum atomic E-state index is 12.1. The second-order valence-electron chi connectivity index (χ2n) is 4.97. The molecule has 1 aliphatic rings. The number of rotatable bonds is 1.